The highest BCUT2D eigenvalue weighted by Gasteiger charge is 2.35. The molecule has 0 radical (unpaired) electrons. The zero-order chi connectivity index (χ0) is 26.4. The number of carbonyl (C=O) groups is 4. The first-order valence-electron chi connectivity index (χ1n) is 13.1. The van der Waals surface area contributed by atoms with E-state index in [0.717, 1.165) is 31.2 Å². The molecule has 1 aliphatic carbocycles. The molecule has 0 saturated heterocycles. The molecular weight excluding hydrogens is 470 g/mol. The summed E-state index contributed by atoms with van der Waals surface area (Å²) in [5, 5.41) is 3.13. The highest BCUT2D eigenvalue weighted by atomic mass is 16.5. The van der Waals surface area contributed by atoms with Gasteiger partial charge >= 0.3 is 0 Å². The predicted molar refractivity (Wildman–Crippen MR) is 139 cm³/mol. The second-order valence-corrected chi connectivity index (χ2v) is 9.80. The third-order valence-corrected chi connectivity index (χ3v) is 7.26. The molecule has 2 aliphatic rings. The number of benzene rings is 2. The highest BCUT2D eigenvalue weighted by molar-refractivity contribution is 6.21. The van der Waals surface area contributed by atoms with E-state index in [0.29, 0.717) is 23.3 Å². The van der Waals surface area contributed by atoms with Crippen LogP contribution in [-0.4, -0.2) is 59.2 Å². The van der Waals surface area contributed by atoms with Gasteiger partial charge in [-0.3, -0.25) is 24.1 Å². The molecule has 2 aromatic carbocycles. The average Bonchev–Trinajstić information content (AvgIpc) is 3.17. The van der Waals surface area contributed by atoms with Crippen molar-refractivity contribution >= 4 is 23.6 Å². The quantitative estimate of drug-likeness (QED) is 0.494. The summed E-state index contributed by atoms with van der Waals surface area (Å²) in [6.07, 6.45) is 5.74. The van der Waals surface area contributed by atoms with E-state index in [1.807, 2.05) is 24.3 Å². The molecule has 8 heteroatoms. The van der Waals surface area contributed by atoms with Gasteiger partial charge in [-0.25, -0.2) is 0 Å². The van der Waals surface area contributed by atoms with Gasteiger partial charge in [-0.2, -0.15) is 0 Å². The molecule has 1 atom stereocenters. The Kier molecular flexibility index (Phi) is 8.58. The molecule has 1 heterocycles. The van der Waals surface area contributed by atoms with Crippen molar-refractivity contribution < 1.29 is 23.9 Å². The molecule has 4 amide bonds. The largest absolute Gasteiger partial charge is 0.497 e. The zero-order valence-electron chi connectivity index (χ0n) is 21.6. The number of carbonyl (C=O) groups excluding carboxylic acids is 4. The standard InChI is InChI=1S/C29H35N3O5/c1-20(27(34)30-22-11-4-3-5-12-22)32(19-21-10-8-13-23(18-21)37-2)26(33)16-9-17-31-28(35)24-14-6-7-15-25(24)29(31)36/h6-8,10,13-15,18,20,22H,3-5,9,11-12,16-17,19H2,1-2H3,(H,30,34). The molecule has 0 bridgehead atoms. The van der Waals surface area contributed by atoms with Crippen LogP contribution in [0.2, 0.25) is 0 Å². The van der Waals surface area contributed by atoms with Crippen molar-refractivity contribution in [1.29, 1.82) is 0 Å². The average molecular weight is 506 g/mol. The molecule has 0 spiro atoms. The summed E-state index contributed by atoms with van der Waals surface area (Å²) in [7, 11) is 1.58. The molecule has 4 rings (SSSR count). The van der Waals surface area contributed by atoms with Crippen LogP contribution < -0.4 is 10.1 Å². The van der Waals surface area contributed by atoms with Crippen LogP contribution in [0, 0.1) is 0 Å². The monoisotopic (exact) mass is 505 g/mol. The van der Waals surface area contributed by atoms with Gasteiger partial charge in [0.2, 0.25) is 11.8 Å². The molecule has 2 aromatic rings. The molecule has 37 heavy (non-hydrogen) atoms. The van der Waals surface area contributed by atoms with Gasteiger partial charge in [0.15, 0.2) is 0 Å². The fourth-order valence-corrected chi connectivity index (χ4v) is 5.09. The fourth-order valence-electron chi connectivity index (χ4n) is 5.09. The zero-order valence-corrected chi connectivity index (χ0v) is 21.6. The minimum atomic E-state index is -0.667. The summed E-state index contributed by atoms with van der Waals surface area (Å²) in [5.41, 5.74) is 1.64. The van der Waals surface area contributed by atoms with Crippen molar-refractivity contribution in [2.75, 3.05) is 13.7 Å². The maximum atomic E-state index is 13.4. The number of nitrogens with zero attached hydrogens (tertiary/aromatic N) is 2. The Labute approximate surface area is 218 Å². The molecule has 1 aliphatic heterocycles. The number of hydrogen-bond donors (Lipinski definition) is 1. The van der Waals surface area contributed by atoms with Crippen molar-refractivity contribution in [3.8, 4) is 5.75 Å². The Hall–Kier alpha value is -3.68. The molecular formula is C29H35N3O5. The van der Waals surface area contributed by atoms with Gasteiger partial charge in [-0.1, -0.05) is 43.5 Å². The highest BCUT2D eigenvalue weighted by Crippen LogP contribution is 2.23. The van der Waals surface area contributed by atoms with Crippen LogP contribution >= 0.6 is 0 Å². The van der Waals surface area contributed by atoms with E-state index in [1.165, 1.54) is 11.3 Å². The van der Waals surface area contributed by atoms with Gasteiger partial charge in [-0.15, -0.1) is 0 Å². The van der Waals surface area contributed by atoms with Gasteiger partial charge in [0, 0.05) is 25.6 Å². The maximum absolute atomic E-state index is 13.4. The lowest BCUT2D eigenvalue weighted by molar-refractivity contribution is -0.141. The van der Waals surface area contributed by atoms with E-state index in [9.17, 15) is 19.2 Å². The number of imide groups is 1. The maximum Gasteiger partial charge on any atom is 0.261 e. The number of fused-ring (bicyclic) bond motifs is 1. The normalized spacial score (nSPS) is 16.3. The lowest BCUT2D eigenvalue weighted by Crippen LogP contribution is -2.50. The second-order valence-electron chi connectivity index (χ2n) is 9.80. The van der Waals surface area contributed by atoms with Crippen molar-refractivity contribution in [3.63, 3.8) is 0 Å². The fraction of sp³-hybridized carbons (Fsp3) is 0.448. The number of amides is 4. The SMILES string of the molecule is COc1cccc(CN(C(=O)CCCN2C(=O)c3ccccc3C2=O)C(C)C(=O)NC2CCCCC2)c1. The number of nitrogens with one attached hydrogen (secondary N) is 1. The van der Waals surface area contributed by atoms with E-state index in [2.05, 4.69) is 5.32 Å². The van der Waals surface area contributed by atoms with Crippen molar-refractivity contribution in [1.82, 2.24) is 15.1 Å². The Morgan fingerprint density at radius 1 is 1.03 bits per heavy atom. The Morgan fingerprint density at radius 2 is 1.70 bits per heavy atom. The van der Waals surface area contributed by atoms with E-state index in [4.69, 9.17) is 4.74 Å². The number of methoxy groups -OCH3 is 1. The molecule has 1 N–H and O–H groups in total. The molecule has 196 valence electrons. The Bertz CT molecular complexity index is 1120. The van der Waals surface area contributed by atoms with Gasteiger partial charge < -0.3 is 15.0 Å². The summed E-state index contributed by atoms with van der Waals surface area (Å²) >= 11 is 0. The van der Waals surface area contributed by atoms with Crippen LogP contribution in [0.1, 0.15) is 78.1 Å². The van der Waals surface area contributed by atoms with Gasteiger partial charge in [-0.05, 0) is 56.0 Å². The van der Waals surface area contributed by atoms with Crippen LogP contribution in [0.25, 0.3) is 0 Å². The lowest BCUT2D eigenvalue weighted by atomic mass is 9.95. The molecule has 1 fully saturated rings. The minimum Gasteiger partial charge on any atom is -0.497 e. The van der Waals surface area contributed by atoms with Gasteiger partial charge in [0.05, 0.1) is 18.2 Å². The summed E-state index contributed by atoms with van der Waals surface area (Å²) in [4.78, 5) is 54.6. The smallest absolute Gasteiger partial charge is 0.261 e. The predicted octanol–water partition coefficient (Wildman–Crippen LogP) is 3.94. The topological polar surface area (TPSA) is 96.0 Å². The summed E-state index contributed by atoms with van der Waals surface area (Å²) in [6.45, 7) is 2.15. The van der Waals surface area contributed by atoms with Crippen LogP contribution in [-0.2, 0) is 16.1 Å². The summed E-state index contributed by atoms with van der Waals surface area (Å²) < 4.78 is 5.32. The van der Waals surface area contributed by atoms with Crippen LogP contribution in [0.5, 0.6) is 5.75 Å². The number of rotatable bonds is 10. The van der Waals surface area contributed by atoms with Crippen molar-refractivity contribution in [3.05, 3.63) is 65.2 Å². The van der Waals surface area contributed by atoms with Gasteiger partial charge in [0.1, 0.15) is 11.8 Å². The van der Waals surface area contributed by atoms with Crippen LogP contribution in [0.4, 0.5) is 0 Å². The summed E-state index contributed by atoms with van der Waals surface area (Å²) in [6, 6.07) is 13.7. The minimum absolute atomic E-state index is 0.110. The number of ether oxygens (including phenoxy) is 1. The molecule has 1 unspecified atom stereocenters. The number of hydrogen-bond acceptors (Lipinski definition) is 5. The lowest BCUT2D eigenvalue weighted by Gasteiger charge is -2.31. The van der Waals surface area contributed by atoms with Crippen LogP contribution in [0.15, 0.2) is 48.5 Å². The first-order chi connectivity index (χ1) is 17.9. The third kappa shape index (κ3) is 6.18. The van der Waals surface area contributed by atoms with Crippen LogP contribution in [0.3, 0.4) is 0 Å². The van der Waals surface area contributed by atoms with Crippen molar-refractivity contribution in [2.24, 2.45) is 0 Å². The second kappa shape index (κ2) is 12.0. The molecule has 0 aromatic heterocycles. The Balaban J connectivity index is 1.42. The van der Waals surface area contributed by atoms with E-state index < -0.39 is 6.04 Å². The van der Waals surface area contributed by atoms with Crippen molar-refractivity contribution in [2.45, 2.75) is 70.5 Å². The van der Waals surface area contributed by atoms with E-state index in [-0.39, 0.29) is 49.2 Å². The molecule has 8 nitrogen and oxygen atoms in total. The first kappa shape index (κ1) is 26.4. The van der Waals surface area contributed by atoms with E-state index in [1.54, 1.807) is 43.2 Å². The van der Waals surface area contributed by atoms with Gasteiger partial charge in [0.25, 0.3) is 11.8 Å². The third-order valence-electron chi connectivity index (χ3n) is 7.26. The molecule has 1 saturated carbocycles. The summed E-state index contributed by atoms with van der Waals surface area (Å²) in [5.74, 6) is -0.355. The Morgan fingerprint density at radius 3 is 2.35 bits per heavy atom. The van der Waals surface area contributed by atoms with E-state index >= 15 is 0 Å². The first-order valence-corrected chi connectivity index (χ1v) is 13.1.